The monoisotopic (exact) mass is 412 g/mol. The molecule has 8 N–H and O–H groups in total. The SMILES string of the molecule is C=CC1=C(C(=O)O)N2C(=O)[C@@H](NC(=O)/C(=N\O)c3csc(N)n3)[C@H]2SC1.N. The van der Waals surface area contributed by atoms with E-state index in [4.69, 9.17) is 10.9 Å². The number of nitrogens with two attached hydrogens (primary N) is 1. The summed E-state index contributed by atoms with van der Waals surface area (Å²) in [6, 6.07) is -0.944. The van der Waals surface area contributed by atoms with Gasteiger partial charge in [-0.2, -0.15) is 0 Å². The predicted molar refractivity (Wildman–Crippen MR) is 99.8 cm³/mol. The highest BCUT2D eigenvalue weighted by Gasteiger charge is 2.54. The van der Waals surface area contributed by atoms with Crippen molar-refractivity contribution >= 4 is 51.7 Å². The van der Waals surface area contributed by atoms with Crippen LogP contribution in [0.25, 0.3) is 0 Å². The molecule has 1 saturated heterocycles. The average molecular weight is 412 g/mol. The fourth-order valence-electron chi connectivity index (χ4n) is 2.62. The highest BCUT2D eigenvalue weighted by Crippen LogP contribution is 2.40. The number of aliphatic carboxylic acids is 1. The number of β-lactam (4-membered cyclic amide) rings is 1. The van der Waals surface area contributed by atoms with Gasteiger partial charge in [-0.1, -0.05) is 17.8 Å². The zero-order valence-corrected chi connectivity index (χ0v) is 15.4. The molecule has 0 saturated carbocycles. The third-order valence-corrected chi connectivity index (χ3v) is 5.79. The van der Waals surface area contributed by atoms with Crippen LogP contribution in [0, 0.1) is 0 Å². The number of carbonyl (C=O) groups is 3. The maximum absolute atomic E-state index is 12.4. The largest absolute Gasteiger partial charge is 0.477 e. The average Bonchev–Trinajstić information content (AvgIpc) is 3.04. The first-order valence-corrected chi connectivity index (χ1v) is 9.09. The standard InChI is InChI=1S/C14H13N5O5S2.H3N/c1-2-5-3-25-12-8(11(21)19(12)9(5)13(22)23)17-10(20)7(18-24)6-4-26-14(15)16-6;/h2,4,8,12,24H,1,3H2,(H2,15,16)(H,17,20)(H,22,23);1H3/b18-7-;/t8-,12-;/m1./s1. The summed E-state index contributed by atoms with van der Waals surface area (Å²) in [5.74, 6) is -2.27. The summed E-state index contributed by atoms with van der Waals surface area (Å²) in [6.45, 7) is 3.56. The van der Waals surface area contributed by atoms with Gasteiger partial charge >= 0.3 is 5.97 Å². The molecule has 2 aliphatic rings. The van der Waals surface area contributed by atoms with Gasteiger partial charge in [0.25, 0.3) is 11.8 Å². The summed E-state index contributed by atoms with van der Waals surface area (Å²) in [4.78, 5) is 41.2. The van der Waals surface area contributed by atoms with Crippen LogP contribution < -0.4 is 17.2 Å². The number of carboxylic acid groups (broad SMARTS) is 1. The number of nitrogens with zero attached hydrogens (tertiary/aromatic N) is 3. The molecule has 0 bridgehead atoms. The van der Waals surface area contributed by atoms with Crippen molar-refractivity contribution < 1.29 is 24.7 Å². The Morgan fingerprint density at radius 3 is 2.74 bits per heavy atom. The molecular formula is C14H16N6O5S2. The van der Waals surface area contributed by atoms with E-state index in [1.165, 1.54) is 23.2 Å². The molecule has 13 heteroatoms. The number of nitrogen functional groups attached to an aromatic ring is 1. The molecule has 144 valence electrons. The molecule has 0 unspecified atom stereocenters. The van der Waals surface area contributed by atoms with Gasteiger partial charge in [0.1, 0.15) is 22.8 Å². The topological polar surface area (TPSA) is 193 Å². The number of hydrogen-bond acceptors (Lipinski definition) is 10. The van der Waals surface area contributed by atoms with E-state index in [2.05, 4.69) is 22.0 Å². The Bertz CT molecular complexity index is 879. The van der Waals surface area contributed by atoms with Crippen LogP contribution >= 0.6 is 23.1 Å². The highest BCUT2D eigenvalue weighted by atomic mass is 32.2. The third-order valence-electron chi connectivity index (χ3n) is 3.81. The molecule has 11 nitrogen and oxygen atoms in total. The molecule has 0 radical (unpaired) electrons. The van der Waals surface area contributed by atoms with Gasteiger partial charge in [0.05, 0.1) is 0 Å². The first-order chi connectivity index (χ1) is 12.4. The van der Waals surface area contributed by atoms with Gasteiger partial charge < -0.3 is 27.5 Å². The van der Waals surface area contributed by atoms with Crippen molar-refractivity contribution in [2.45, 2.75) is 11.4 Å². The van der Waals surface area contributed by atoms with Crippen molar-refractivity contribution in [1.29, 1.82) is 0 Å². The van der Waals surface area contributed by atoms with E-state index < -0.39 is 29.2 Å². The number of carbonyl (C=O) groups excluding carboxylic acids is 2. The number of nitrogens with one attached hydrogen (secondary N) is 1. The van der Waals surface area contributed by atoms with Crippen molar-refractivity contribution in [2.24, 2.45) is 5.16 Å². The number of allylic oxidation sites excluding steroid dienone is 1. The van der Waals surface area contributed by atoms with Crippen LogP contribution in [0.4, 0.5) is 5.13 Å². The van der Waals surface area contributed by atoms with Crippen molar-refractivity contribution in [3.8, 4) is 0 Å². The zero-order chi connectivity index (χ0) is 19.0. The molecule has 1 fully saturated rings. The van der Waals surface area contributed by atoms with Gasteiger partial charge in [0.15, 0.2) is 10.8 Å². The van der Waals surface area contributed by atoms with E-state index >= 15 is 0 Å². The number of rotatable bonds is 5. The second kappa shape index (κ2) is 7.77. The van der Waals surface area contributed by atoms with Gasteiger partial charge in [-0.25, -0.2) is 9.78 Å². The van der Waals surface area contributed by atoms with E-state index in [0.29, 0.717) is 11.3 Å². The van der Waals surface area contributed by atoms with Gasteiger partial charge in [-0.3, -0.25) is 14.5 Å². The summed E-state index contributed by atoms with van der Waals surface area (Å²) >= 11 is 2.37. The molecule has 0 aliphatic carbocycles. The Hall–Kier alpha value is -2.90. The first-order valence-electron chi connectivity index (χ1n) is 7.16. The minimum absolute atomic E-state index is 0. The Kier molecular flexibility index (Phi) is 5.88. The van der Waals surface area contributed by atoms with Gasteiger partial charge in [0.2, 0.25) is 0 Å². The second-order valence-electron chi connectivity index (χ2n) is 5.26. The molecule has 0 aromatic carbocycles. The molecule has 3 heterocycles. The third kappa shape index (κ3) is 3.39. The molecule has 27 heavy (non-hydrogen) atoms. The number of hydrogen-bond donors (Lipinski definition) is 5. The van der Waals surface area contributed by atoms with Crippen molar-refractivity contribution in [2.75, 3.05) is 11.5 Å². The van der Waals surface area contributed by atoms with Crippen molar-refractivity contribution in [1.82, 2.24) is 21.4 Å². The van der Waals surface area contributed by atoms with Crippen LogP contribution in [0.5, 0.6) is 0 Å². The number of thiazole rings is 1. The lowest BCUT2D eigenvalue weighted by Crippen LogP contribution is -2.71. The van der Waals surface area contributed by atoms with Crippen LogP contribution in [-0.4, -0.2) is 60.9 Å². The Balaban J connectivity index is 0.00000261. The molecular weight excluding hydrogens is 396 g/mol. The summed E-state index contributed by atoms with van der Waals surface area (Å²) in [7, 11) is 0. The fraction of sp³-hybridized carbons (Fsp3) is 0.214. The predicted octanol–water partition coefficient (Wildman–Crippen LogP) is -0.00980. The lowest BCUT2D eigenvalue weighted by Gasteiger charge is -2.49. The van der Waals surface area contributed by atoms with Gasteiger partial charge in [-0.15, -0.1) is 23.1 Å². The number of aromatic nitrogens is 1. The molecule has 2 atom stereocenters. The summed E-state index contributed by atoms with van der Waals surface area (Å²) in [5, 5.41) is 24.9. The van der Waals surface area contributed by atoms with Crippen LogP contribution in [0.1, 0.15) is 5.69 Å². The van der Waals surface area contributed by atoms with E-state index in [9.17, 15) is 19.5 Å². The summed E-state index contributed by atoms with van der Waals surface area (Å²) < 4.78 is 0. The number of amides is 2. The minimum Gasteiger partial charge on any atom is -0.477 e. The van der Waals surface area contributed by atoms with Crippen LogP contribution in [-0.2, 0) is 14.4 Å². The lowest BCUT2D eigenvalue weighted by atomic mass is 10.0. The quantitative estimate of drug-likeness (QED) is 0.191. The first kappa shape index (κ1) is 20.4. The van der Waals surface area contributed by atoms with Crippen LogP contribution in [0.15, 0.2) is 34.5 Å². The van der Waals surface area contributed by atoms with Gasteiger partial charge in [-0.05, 0) is 5.57 Å². The molecule has 3 rings (SSSR count). The van der Waals surface area contributed by atoms with Crippen LogP contribution in [0.2, 0.25) is 0 Å². The number of carboxylic acids is 1. The highest BCUT2D eigenvalue weighted by molar-refractivity contribution is 8.00. The summed E-state index contributed by atoms with van der Waals surface area (Å²) in [6.07, 6.45) is 1.40. The number of thioether (sulfide) groups is 1. The Morgan fingerprint density at radius 2 is 2.22 bits per heavy atom. The second-order valence-corrected chi connectivity index (χ2v) is 7.26. The lowest BCUT2D eigenvalue weighted by molar-refractivity contribution is -0.150. The maximum atomic E-state index is 12.4. The van der Waals surface area contributed by atoms with Crippen molar-refractivity contribution in [3.05, 3.63) is 35.0 Å². The number of oxime groups is 1. The zero-order valence-electron chi connectivity index (χ0n) is 13.8. The molecule has 0 spiro atoms. The minimum atomic E-state index is -1.24. The Labute approximate surface area is 161 Å². The normalized spacial score (nSPS) is 21.7. The number of fused-ring (bicyclic) bond motifs is 1. The van der Waals surface area contributed by atoms with E-state index in [1.54, 1.807) is 0 Å². The van der Waals surface area contributed by atoms with E-state index in [-0.39, 0.29) is 28.4 Å². The fourth-order valence-corrected chi connectivity index (χ4v) is 4.51. The maximum Gasteiger partial charge on any atom is 0.352 e. The molecule has 1 aromatic rings. The van der Waals surface area contributed by atoms with Crippen LogP contribution in [0.3, 0.4) is 0 Å². The van der Waals surface area contributed by atoms with E-state index in [1.807, 2.05) is 0 Å². The van der Waals surface area contributed by atoms with Gasteiger partial charge in [0, 0.05) is 11.1 Å². The van der Waals surface area contributed by atoms with E-state index in [0.717, 1.165) is 16.2 Å². The van der Waals surface area contributed by atoms with Crippen molar-refractivity contribution in [3.63, 3.8) is 0 Å². The molecule has 2 aliphatic heterocycles. The molecule has 2 amide bonds. The summed E-state index contributed by atoms with van der Waals surface area (Å²) in [5.41, 5.74) is 5.49. The smallest absolute Gasteiger partial charge is 0.352 e. The number of anilines is 1. The Morgan fingerprint density at radius 1 is 1.52 bits per heavy atom. The molecule has 1 aromatic heterocycles.